The Balaban J connectivity index is 2.28. The summed E-state index contributed by atoms with van der Waals surface area (Å²) in [6.07, 6.45) is 1.64. The second kappa shape index (κ2) is 5.42. The van der Waals surface area contributed by atoms with Crippen LogP contribution in [0.4, 0.5) is 0 Å². The Bertz CT molecular complexity index is 529. The lowest BCUT2D eigenvalue weighted by Crippen LogP contribution is -2.40. The van der Waals surface area contributed by atoms with Gasteiger partial charge in [-0.05, 0) is 25.7 Å². The van der Waals surface area contributed by atoms with Gasteiger partial charge in [0.15, 0.2) is 8.68 Å². The molecule has 0 radical (unpaired) electrons. The highest BCUT2D eigenvalue weighted by Crippen LogP contribution is 2.31. The molecule has 102 valence electrons. The van der Waals surface area contributed by atoms with E-state index in [9.17, 15) is 8.42 Å². The van der Waals surface area contributed by atoms with Crippen LogP contribution in [0.5, 0.6) is 0 Å². The van der Waals surface area contributed by atoms with Gasteiger partial charge in [-0.25, -0.2) is 13.4 Å². The quantitative estimate of drug-likeness (QED) is 0.918. The largest absolute Gasteiger partial charge is 0.396 e. The molecular formula is C10H15ClN2O3S2. The van der Waals surface area contributed by atoms with Crippen molar-refractivity contribution < 1.29 is 13.5 Å². The second-order valence-electron chi connectivity index (χ2n) is 4.39. The molecule has 1 aliphatic heterocycles. The molecule has 0 bridgehead atoms. The minimum absolute atomic E-state index is 0.0223. The van der Waals surface area contributed by atoms with Gasteiger partial charge < -0.3 is 5.11 Å². The van der Waals surface area contributed by atoms with Gasteiger partial charge in [0.25, 0.3) is 10.0 Å². The Hall–Kier alpha value is -0.210. The van der Waals surface area contributed by atoms with Crippen LogP contribution in [-0.2, 0) is 10.0 Å². The number of aliphatic hydroxyl groups excluding tert-OH is 1. The first-order valence-electron chi connectivity index (χ1n) is 5.69. The molecule has 1 unspecified atom stereocenters. The number of halogens is 1. The third kappa shape index (κ3) is 2.70. The van der Waals surface area contributed by atoms with Crippen molar-refractivity contribution in [3.8, 4) is 0 Å². The fourth-order valence-corrected chi connectivity index (χ4v) is 5.53. The maximum absolute atomic E-state index is 12.4. The lowest BCUT2D eigenvalue weighted by atomic mass is 10.0. The van der Waals surface area contributed by atoms with Crippen molar-refractivity contribution in [1.82, 2.24) is 9.29 Å². The Labute approximate surface area is 115 Å². The summed E-state index contributed by atoms with van der Waals surface area (Å²) in [5.41, 5.74) is 0.441. The van der Waals surface area contributed by atoms with Crippen LogP contribution in [0.1, 0.15) is 18.5 Å². The molecule has 0 amide bonds. The van der Waals surface area contributed by atoms with Crippen LogP contribution in [0.3, 0.4) is 0 Å². The lowest BCUT2D eigenvalue weighted by Gasteiger charge is -2.30. The van der Waals surface area contributed by atoms with Gasteiger partial charge in [-0.2, -0.15) is 4.31 Å². The highest BCUT2D eigenvalue weighted by atomic mass is 35.5. The molecule has 2 heterocycles. The minimum atomic E-state index is -3.52. The standard InChI is InChI=1S/C10H15ClN2O3S2/c1-7-9(17-10(11)12-7)18(15,16)13-4-2-3-8(5-13)6-14/h8,14H,2-6H2,1H3. The van der Waals surface area contributed by atoms with Crippen LogP contribution in [0, 0.1) is 12.8 Å². The van der Waals surface area contributed by atoms with Crippen molar-refractivity contribution >= 4 is 33.0 Å². The van der Waals surface area contributed by atoms with Crippen molar-refractivity contribution in [2.24, 2.45) is 5.92 Å². The molecule has 1 atom stereocenters. The summed E-state index contributed by atoms with van der Waals surface area (Å²) in [6, 6.07) is 0. The summed E-state index contributed by atoms with van der Waals surface area (Å²) in [7, 11) is -3.52. The maximum atomic E-state index is 12.4. The number of aryl methyl sites for hydroxylation is 1. The number of piperidine rings is 1. The summed E-state index contributed by atoms with van der Waals surface area (Å²) in [5.74, 6) is 0.0252. The Morgan fingerprint density at radius 1 is 1.61 bits per heavy atom. The van der Waals surface area contributed by atoms with Gasteiger partial charge >= 0.3 is 0 Å². The third-order valence-corrected chi connectivity index (χ3v) is 6.76. The van der Waals surface area contributed by atoms with Crippen LogP contribution >= 0.6 is 22.9 Å². The molecule has 1 aromatic heterocycles. The molecule has 0 aliphatic carbocycles. The van der Waals surface area contributed by atoms with Crippen LogP contribution in [0.25, 0.3) is 0 Å². The zero-order valence-corrected chi connectivity index (χ0v) is 12.4. The zero-order valence-electron chi connectivity index (χ0n) is 9.97. The topological polar surface area (TPSA) is 70.5 Å². The molecule has 8 heteroatoms. The van der Waals surface area contributed by atoms with Crippen LogP contribution in [0.15, 0.2) is 4.21 Å². The molecule has 1 saturated heterocycles. The maximum Gasteiger partial charge on any atom is 0.254 e. The van der Waals surface area contributed by atoms with E-state index in [0.717, 1.165) is 24.2 Å². The number of nitrogens with zero attached hydrogens (tertiary/aromatic N) is 2. The number of sulfonamides is 1. The summed E-state index contributed by atoms with van der Waals surface area (Å²) in [4.78, 5) is 3.94. The number of hydrogen-bond acceptors (Lipinski definition) is 5. The van der Waals surface area contributed by atoms with Gasteiger partial charge in [-0.1, -0.05) is 22.9 Å². The number of thiazole rings is 1. The minimum Gasteiger partial charge on any atom is -0.396 e. The number of hydrogen-bond donors (Lipinski definition) is 1. The second-order valence-corrected chi connectivity index (χ2v) is 8.11. The highest BCUT2D eigenvalue weighted by molar-refractivity contribution is 7.91. The molecule has 0 spiro atoms. The smallest absolute Gasteiger partial charge is 0.254 e. The highest BCUT2D eigenvalue weighted by Gasteiger charge is 2.32. The van der Waals surface area contributed by atoms with E-state index >= 15 is 0 Å². The third-order valence-electron chi connectivity index (χ3n) is 3.04. The van der Waals surface area contributed by atoms with Gasteiger partial charge in [0, 0.05) is 19.7 Å². The summed E-state index contributed by atoms with van der Waals surface area (Å²) < 4.78 is 26.8. The van der Waals surface area contributed by atoms with Gasteiger partial charge in [-0.15, -0.1) is 0 Å². The van der Waals surface area contributed by atoms with Gasteiger partial charge in [0.05, 0.1) is 5.69 Å². The van der Waals surface area contributed by atoms with Crippen LogP contribution in [0.2, 0.25) is 4.47 Å². The molecule has 1 N–H and O–H groups in total. The number of aliphatic hydroxyl groups is 1. The van der Waals surface area contributed by atoms with E-state index in [1.807, 2.05) is 0 Å². The molecule has 0 aromatic carbocycles. The molecular weight excluding hydrogens is 296 g/mol. The van der Waals surface area contributed by atoms with Crippen molar-refractivity contribution in [2.45, 2.75) is 24.0 Å². The predicted octanol–water partition coefficient (Wildman–Crippen LogP) is 1.50. The van der Waals surface area contributed by atoms with Gasteiger partial charge in [-0.3, -0.25) is 0 Å². The van der Waals surface area contributed by atoms with E-state index in [2.05, 4.69) is 4.98 Å². The fourth-order valence-electron chi connectivity index (χ4n) is 2.10. The molecule has 1 aliphatic rings. The molecule has 18 heavy (non-hydrogen) atoms. The van der Waals surface area contributed by atoms with Crippen molar-refractivity contribution in [2.75, 3.05) is 19.7 Å². The van der Waals surface area contributed by atoms with E-state index < -0.39 is 10.0 Å². The van der Waals surface area contributed by atoms with Gasteiger partial charge in [0.1, 0.15) is 0 Å². The van der Waals surface area contributed by atoms with E-state index in [4.69, 9.17) is 16.7 Å². The van der Waals surface area contributed by atoms with Crippen molar-refractivity contribution in [3.05, 3.63) is 10.2 Å². The first-order valence-corrected chi connectivity index (χ1v) is 8.32. The molecule has 0 saturated carbocycles. The number of aromatic nitrogens is 1. The average molecular weight is 311 g/mol. The Morgan fingerprint density at radius 3 is 2.89 bits per heavy atom. The normalized spacial score (nSPS) is 22.3. The predicted molar refractivity (Wildman–Crippen MR) is 70.4 cm³/mol. The zero-order chi connectivity index (χ0) is 13.3. The molecule has 5 nitrogen and oxygen atoms in total. The Kier molecular flexibility index (Phi) is 4.28. The molecule has 1 aromatic rings. The van der Waals surface area contributed by atoms with E-state index in [1.165, 1.54) is 4.31 Å². The monoisotopic (exact) mass is 310 g/mol. The van der Waals surface area contributed by atoms with Crippen LogP contribution in [-0.4, -0.2) is 42.5 Å². The van der Waals surface area contributed by atoms with E-state index in [0.29, 0.717) is 18.8 Å². The van der Waals surface area contributed by atoms with E-state index in [1.54, 1.807) is 6.92 Å². The lowest BCUT2D eigenvalue weighted by molar-refractivity contribution is 0.165. The average Bonchev–Trinajstić information content (AvgIpc) is 2.69. The SMILES string of the molecule is Cc1nc(Cl)sc1S(=O)(=O)N1CCCC(CO)C1. The number of rotatable bonds is 3. The van der Waals surface area contributed by atoms with E-state index in [-0.39, 0.29) is 21.2 Å². The summed E-state index contributed by atoms with van der Waals surface area (Å²) in [6.45, 7) is 2.53. The Morgan fingerprint density at radius 2 is 2.33 bits per heavy atom. The first kappa shape index (κ1) is 14.2. The van der Waals surface area contributed by atoms with Crippen molar-refractivity contribution in [1.29, 1.82) is 0 Å². The van der Waals surface area contributed by atoms with Crippen molar-refractivity contribution in [3.63, 3.8) is 0 Å². The van der Waals surface area contributed by atoms with Crippen LogP contribution < -0.4 is 0 Å². The van der Waals surface area contributed by atoms with Gasteiger partial charge in [0.2, 0.25) is 0 Å². The fraction of sp³-hybridized carbons (Fsp3) is 0.700. The first-order chi connectivity index (χ1) is 8.45. The molecule has 2 rings (SSSR count). The summed E-state index contributed by atoms with van der Waals surface area (Å²) >= 11 is 6.74. The molecule has 1 fully saturated rings. The summed E-state index contributed by atoms with van der Waals surface area (Å²) in [5, 5.41) is 9.15.